The SMILES string of the molecule is COc1ccc(CNC(=O)OC2(CCCCBr)c3ccccc3-c3ccccc32)cc1. The van der Waals surface area contributed by atoms with Gasteiger partial charge in [-0.25, -0.2) is 4.79 Å². The fourth-order valence-electron chi connectivity index (χ4n) is 4.30. The van der Waals surface area contributed by atoms with Gasteiger partial charge in [0.15, 0.2) is 5.60 Å². The lowest BCUT2D eigenvalue weighted by atomic mass is 9.86. The summed E-state index contributed by atoms with van der Waals surface area (Å²) in [4.78, 5) is 13.0. The Morgan fingerprint density at radius 2 is 1.52 bits per heavy atom. The molecule has 0 bridgehead atoms. The first kappa shape index (κ1) is 21.4. The zero-order valence-corrected chi connectivity index (χ0v) is 19.2. The summed E-state index contributed by atoms with van der Waals surface area (Å²) in [5.74, 6) is 0.788. The number of fused-ring (bicyclic) bond motifs is 3. The van der Waals surface area contributed by atoms with Crippen molar-refractivity contribution in [1.82, 2.24) is 5.32 Å². The zero-order valence-electron chi connectivity index (χ0n) is 17.6. The summed E-state index contributed by atoms with van der Waals surface area (Å²) in [7, 11) is 1.64. The van der Waals surface area contributed by atoms with Crippen LogP contribution in [0.1, 0.15) is 36.0 Å². The molecule has 4 nitrogen and oxygen atoms in total. The summed E-state index contributed by atoms with van der Waals surface area (Å²) >= 11 is 3.52. The van der Waals surface area contributed by atoms with E-state index in [0.29, 0.717) is 6.54 Å². The summed E-state index contributed by atoms with van der Waals surface area (Å²) in [6.07, 6.45) is 2.28. The predicted molar refractivity (Wildman–Crippen MR) is 127 cm³/mol. The van der Waals surface area contributed by atoms with Crippen molar-refractivity contribution in [3.63, 3.8) is 0 Å². The molecule has 4 rings (SSSR count). The molecule has 0 fully saturated rings. The lowest BCUT2D eigenvalue weighted by Crippen LogP contribution is -2.36. The Hall–Kier alpha value is -2.79. The molecule has 1 aliphatic rings. The maximum atomic E-state index is 13.0. The topological polar surface area (TPSA) is 47.6 Å². The molecule has 3 aromatic carbocycles. The van der Waals surface area contributed by atoms with E-state index in [9.17, 15) is 4.79 Å². The molecule has 0 radical (unpaired) electrons. The summed E-state index contributed by atoms with van der Waals surface area (Å²) < 4.78 is 11.5. The number of alkyl halides is 1. The van der Waals surface area contributed by atoms with Crippen molar-refractivity contribution in [3.8, 4) is 16.9 Å². The van der Waals surface area contributed by atoms with E-state index >= 15 is 0 Å². The van der Waals surface area contributed by atoms with Crippen LogP contribution in [-0.2, 0) is 16.9 Å². The predicted octanol–water partition coefficient (Wildman–Crippen LogP) is 6.41. The second-order valence-electron chi connectivity index (χ2n) is 7.66. The Labute approximate surface area is 191 Å². The number of hydrogen-bond acceptors (Lipinski definition) is 3. The number of rotatable bonds is 8. The van der Waals surface area contributed by atoms with Gasteiger partial charge in [-0.2, -0.15) is 0 Å². The van der Waals surface area contributed by atoms with Crippen LogP contribution in [0.4, 0.5) is 4.79 Å². The molecule has 1 amide bonds. The van der Waals surface area contributed by atoms with E-state index in [1.807, 2.05) is 48.5 Å². The van der Waals surface area contributed by atoms with Gasteiger partial charge in [0, 0.05) is 23.0 Å². The molecule has 0 atom stereocenters. The van der Waals surface area contributed by atoms with Gasteiger partial charge in [-0.15, -0.1) is 0 Å². The van der Waals surface area contributed by atoms with E-state index in [1.54, 1.807) is 7.11 Å². The molecule has 5 heteroatoms. The highest BCUT2D eigenvalue weighted by atomic mass is 79.9. The quantitative estimate of drug-likeness (QED) is 0.299. The number of carbonyl (C=O) groups excluding carboxylic acids is 1. The van der Waals surface area contributed by atoms with Gasteiger partial charge in [0.1, 0.15) is 5.75 Å². The number of carbonyl (C=O) groups is 1. The molecule has 160 valence electrons. The van der Waals surface area contributed by atoms with E-state index in [4.69, 9.17) is 9.47 Å². The van der Waals surface area contributed by atoms with Crippen LogP contribution in [0.25, 0.3) is 11.1 Å². The van der Waals surface area contributed by atoms with Gasteiger partial charge in [0.05, 0.1) is 7.11 Å². The number of halogens is 1. The Kier molecular flexibility index (Phi) is 6.62. The third kappa shape index (κ3) is 4.33. The van der Waals surface area contributed by atoms with E-state index < -0.39 is 11.7 Å². The highest BCUT2D eigenvalue weighted by Crippen LogP contribution is 2.52. The first-order valence-electron chi connectivity index (χ1n) is 10.5. The number of methoxy groups -OCH3 is 1. The largest absolute Gasteiger partial charge is 0.497 e. The Balaban J connectivity index is 1.60. The molecule has 0 saturated heterocycles. The van der Waals surface area contributed by atoms with Crippen LogP contribution >= 0.6 is 15.9 Å². The minimum atomic E-state index is -0.778. The number of benzene rings is 3. The molecule has 31 heavy (non-hydrogen) atoms. The summed E-state index contributed by atoms with van der Waals surface area (Å²) in [6, 6.07) is 24.1. The van der Waals surface area contributed by atoms with Crippen molar-refractivity contribution >= 4 is 22.0 Å². The van der Waals surface area contributed by atoms with Gasteiger partial charge < -0.3 is 14.8 Å². The average molecular weight is 480 g/mol. The van der Waals surface area contributed by atoms with Crippen molar-refractivity contribution in [2.45, 2.75) is 31.4 Å². The van der Waals surface area contributed by atoms with E-state index in [1.165, 1.54) is 0 Å². The number of nitrogens with one attached hydrogen (secondary N) is 1. The second kappa shape index (κ2) is 9.56. The number of alkyl carbamates (subject to hydrolysis) is 1. The van der Waals surface area contributed by atoms with Gasteiger partial charge in [0.25, 0.3) is 0 Å². The van der Waals surface area contributed by atoms with Crippen molar-refractivity contribution < 1.29 is 14.3 Å². The minimum absolute atomic E-state index is 0.392. The van der Waals surface area contributed by atoms with E-state index in [2.05, 4.69) is 45.5 Å². The summed E-state index contributed by atoms with van der Waals surface area (Å²) in [6.45, 7) is 0.392. The number of hydrogen-bond donors (Lipinski definition) is 1. The third-order valence-electron chi connectivity index (χ3n) is 5.79. The Morgan fingerprint density at radius 1 is 0.903 bits per heavy atom. The van der Waals surface area contributed by atoms with Crippen molar-refractivity contribution in [3.05, 3.63) is 89.5 Å². The molecule has 0 unspecified atom stereocenters. The first-order valence-corrected chi connectivity index (χ1v) is 11.7. The maximum absolute atomic E-state index is 13.0. The lowest BCUT2D eigenvalue weighted by Gasteiger charge is -2.32. The molecule has 3 aromatic rings. The Bertz CT molecular complexity index is 1000. The summed E-state index contributed by atoms with van der Waals surface area (Å²) in [5, 5.41) is 3.86. The molecule has 1 aliphatic carbocycles. The van der Waals surface area contributed by atoms with Crippen LogP contribution in [-0.4, -0.2) is 18.5 Å². The van der Waals surface area contributed by atoms with Crippen LogP contribution in [0.5, 0.6) is 5.75 Å². The third-order valence-corrected chi connectivity index (χ3v) is 6.35. The smallest absolute Gasteiger partial charge is 0.408 e. The number of ether oxygens (including phenoxy) is 2. The fourth-order valence-corrected chi connectivity index (χ4v) is 4.69. The number of amides is 1. The second-order valence-corrected chi connectivity index (χ2v) is 8.45. The zero-order chi connectivity index (χ0) is 21.7. The van der Waals surface area contributed by atoms with Gasteiger partial charge in [-0.05, 0) is 48.1 Å². The van der Waals surface area contributed by atoms with Gasteiger partial charge in [-0.1, -0.05) is 76.6 Å². The molecule has 0 aromatic heterocycles. The molecule has 0 saturated carbocycles. The fraction of sp³-hybridized carbons (Fsp3) is 0.269. The van der Waals surface area contributed by atoms with Crippen LogP contribution in [0.2, 0.25) is 0 Å². The van der Waals surface area contributed by atoms with E-state index in [0.717, 1.165) is 58.2 Å². The average Bonchev–Trinajstić information content (AvgIpc) is 3.08. The lowest BCUT2D eigenvalue weighted by molar-refractivity contribution is 0.0334. The first-order chi connectivity index (χ1) is 15.2. The van der Waals surface area contributed by atoms with Crippen molar-refractivity contribution in [1.29, 1.82) is 0 Å². The highest BCUT2D eigenvalue weighted by Gasteiger charge is 2.46. The normalized spacial score (nSPS) is 13.2. The van der Waals surface area contributed by atoms with Gasteiger partial charge in [-0.3, -0.25) is 0 Å². The molecule has 1 N–H and O–H groups in total. The minimum Gasteiger partial charge on any atom is -0.497 e. The van der Waals surface area contributed by atoms with Crippen LogP contribution in [0.3, 0.4) is 0 Å². The van der Waals surface area contributed by atoms with Gasteiger partial charge >= 0.3 is 6.09 Å². The monoisotopic (exact) mass is 479 g/mol. The molecule has 0 spiro atoms. The van der Waals surface area contributed by atoms with Crippen molar-refractivity contribution in [2.75, 3.05) is 12.4 Å². The van der Waals surface area contributed by atoms with Gasteiger partial charge in [0.2, 0.25) is 0 Å². The Morgan fingerprint density at radius 3 is 2.10 bits per heavy atom. The molecular weight excluding hydrogens is 454 g/mol. The number of unbranched alkanes of at least 4 members (excludes halogenated alkanes) is 1. The molecule has 0 aliphatic heterocycles. The summed E-state index contributed by atoms with van der Waals surface area (Å²) in [5.41, 5.74) is 4.60. The van der Waals surface area contributed by atoms with E-state index in [-0.39, 0.29) is 0 Å². The van der Waals surface area contributed by atoms with Crippen LogP contribution in [0.15, 0.2) is 72.8 Å². The van der Waals surface area contributed by atoms with Crippen LogP contribution in [0, 0.1) is 0 Å². The highest BCUT2D eigenvalue weighted by molar-refractivity contribution is 9.09. The molecule has 0 heterocycles. The maximum Gasteiger partial charge on any atom is 0.408 e. The standard InChI is InChI=1S/C26H26BrNO3/c1-30-20-14-12-19(13-15-20)18-28-25(29)31-26(16-6-7-17-27)23-10-4-2-8-21(23)22-9-3-5-11-24(22)26/h2-5,8-15H,6-7,16-18H2,1H3,(H,28,29). The van der Waals surface area contributed by atoms with Crippen LogP contribution < -0.4 is 10.1 Å². The molecular formula is C26H26BrNO3. The van der Waals surface area contributed by atoms with Crippen molar-refractivity contribution in [2.24, 2.45) is 0 Å².